The summed E-state index contributed by atoms with van der Waals surface area (Å²) in [5.41, 5.74) is 0.368. The smallest absolute Gasteiger partial charge is 0.307 e. The van der Waals surface area contributed by atoms with Crippen LogP contribution in [-0.2, 0) is 20.7 Å². The summed E-state index contributed by atoms with van der Waals surface area (Å²) in [5.74, 6) is -2.70. The molecule has 19 heavy (non-hydrogen) atoms. The fraction of sp³-hybridized carbons (Fsp3) is 0.385. The maximum absolute atomic E-state index is 12.9. The SMILES string of the molecule is CCOC(=O)CCNC(=O)Cc1ccc(F)c(F)c1. The summed E-state index contributed by atoms with van der Waals surface area (Å²) in [6.45, 7) is 2.14. The summed E-state index contributed by atoms with van der Waals surface area (Å²) in [4.78, 5) is 22.5. The molecule has 1 aromatic rings. The van der Waals surface area contributed by atoms with Crippen molar-refractivity contribution in [3.63, 3.8) is 0 Å². The van der Waals surface area contributed by atoms with E-state index in [0.29, 0.717) is 12.2 Å². The average Bonchev–Trinajstić information content (AvgIpc) is 2.34. The van der Waals surface area contributed by atoms with E-state index in [1.807, 2.05) is 0 Å². The molecule has 0 aliphatic carbocycles. The molecule has 0 saturated heterocycles. The second-order valence-electron chi connectivity index (χ2n) is 3.83. The third-order valence-electron chi connectivity index (χ3n) is 2.31. The first kappa shape index (κ1) is 15.1. The van der Waals surface area contributed by atoms with Gasteiger partial charge < -0.3 is 10.1 Å². The maximum atomic E-state index is 12.9. The van der Waals surface area contributed by atoms with E-state index < -0.39 is 17.6 Å². The number of benzene rings is 1. The van der Waals surface area contributed by atoms with Crippen molar-refractivity contribution in [1.29, 1.82) is 0 Å². The summed E-state index contributed by atoms with van der Waals surface area (Å²) in [6.07, 6.45) is 0.0113. The number of carbonyl (C=O) groups excluding carboxylic acids is 2. The minimum atomic E-state index is -0.989. The van der Waals surface area contributed by atoms with Crippen LogP contribution in [0.3, 0.4) is 0 Å². The number of hydrogen-bond acceptors (Lipinski definition) is 3. The lowest BCUT2D eigenvalue weighted by atomic mass is 10.1. The Hall–Kier alpha value is -1.98. The van der Waals surface area contributed by atoms with Crippen molar-refractivity contribution in [3.8, 4) is 0 Å². The third kappa shape index (κ3) is 5.46. The van der Waals surface area contributed by atoms with Crippen LogP contribution in [0.5, 0.6) is 0 Å². The van der Waals surface area contributed by atoms with Crippen LogP contribution in [0.25, 0.3) is 0 Å². The summed E-state index contributed by atoms with van der Waals surface area (Å²) in [6, 6.07) is 3.28. The predicted octanol–water partition coefficient (Wildman–Crippen LogP) is 1.58. The van der Waals surface area contributed by atoms with Gasteiger partial charge >= 0.3 is 5.97 Å². The summed E-state index contributed by atoms with van der Waals surface area (Å²) >= 11 is 0. The molecule has 0 radical (unpaired) electrons. The molecule has 0 aliphatic heterocycles. The Bertz CT molecular complexity index is 463. The van der Waals surface area contributed by atoms with Crippen molar-refractivity contribution in [3.05, 3.63) is 35.4 Å². The number of carbonyl (C=O) groups is 2. The lowest BCUT2D eigenvalue weighted by Crippen LogP contribution is -2.28. The Morgan fingerprint density at radius 1 is 1.26 bits per heavy atom. The number of nitrogens with one attached hydrogen (secondary N) is 1. The molecular formula is C13H15F2NO3. The van der Waals surface area contributed by atoms with E-state index in [1.54, 1.807) is 6.92 Å². The van der Waals surface area contributed by atoms with Crippen molar-refractivity contribution < 1.29 is 23.1 Å². The fourth-order valence-corrected chi connectivity index (χ4v) is 1.43. The Kier molecular flexibility index (Phi) is 5.92. The van der Waals surface area contributed by atoms with E-state index in [-0.39, 0.29) is 25.3 Å². The molecule has 104 valence electrons. The van der Waals surface area contributed by atoms with E-state index in [1.165, 1.54) is 6.07 Å². The number of hydrogen-bond donors (Lipinski definition) is 1. The van der Waals surface area contributed by atoms with Gasteiger partial charge in [0.25, 0.3) is 0 Å². The number of ether oxygens (including phenoxy) is 1. The van der Waals surface area contributed by atoms with E-state index >= 15 is 0 Å². The van der Waals surface area contributed by atoms with Crippen LogP contribution < -0.4 is 5.32 Å². The Labute approximate surface area is 109 Å². The van der Waals surface area contributed by atoms with Gasteiger partial charge in [-0.15, -0.1) is 0 Å². The summed E-state index contributed by atoms with van der Waals surface area (Å²) in [7, 11) is 0. The monoisotopic (exact) mass is 271 g/mol. The number of halogens is 2. The van der Waals surface area contributed by atoms with Gasteiger partial charge in [0.15, 0.2) is 11.6 Å². The number of rotatable bonds is 6. The Morgan fingerprint density at radius 3 is 2.63 bits per heavy atom. The van der Waals surface area contributed by atoms with Crippen molar-refractivity contribution >= 4 is 11.9 Å². The molecule has 1 amide bonds. The lowest BCUT2D eigenvalue weighted by molar-refractivity contribution is -0.143. The van der Waals surface area contributed by atoms with Gasteiger partial charge in [0.2, 0.25) is 5.91 Å². The van der Waals surface area contributed by atoms with E-state index in [2.05, 4.69) is 10.1 Å². The van der Waals surface area contributed by atoms with Crippen molar-refractivity contribution in [1.82, 2.24) is 5.32 Å². The van der Waals surface area contributed by atoms with Crippen LogP contribution >= 0.6 is 0 Å². The molecule has 1 N–H and O–H groups in total. The highest BCUT2D eigenvalue weighted by molar-refractivity contribution is 5.79. The molecule has 1 rings (SSSR count). The molecule has 6 heteroatoms. The molecule has 0 atom stereocenters. The first-order valence-electron chi connectivity index (χ1n) is 5.89. The zero-order chi connectivity index (χ0) is 14.3. The Morgan fingerprint density at radius 2 is 2.00 bits per heavy atom. The fourth-order valence-electron chi connectivity index (χ4n) is 1.43. The maximum Gasteiger partial charge on any atom is 0.307 e. The normalized spacial score (nSPS) is 10.1. The average molecular weight is 271 g/mol. The molecule has 0 aliphatic rings. The highest BCUT2D eigenvalue weighted by atomic mass is 19.2. The van der Waals surface area contributed by atoms with Gasteiger partial charge in [0.1, 0.15) is 0 Å². The van der Waals surface area contributed by atoms with Gasteiger partial charge in [-0.3, -0.25) is 9.59 Å². The second-order valence-corrected chi connectivity index (χ2v) is 3.83. The standard InChI is InChI=1S/C13H15F2NO3/c1-2-19-13(18)5-6-16-12(17)8-9-3-4-10(14)11(15)7-9/h3-4,7H,2,5-6,8H2,1H3,(H,16,17). The van der Waals surface area contributed by atoms with Gasteiger partial charge in [-0.05, 0) is 24.6 Å². The molecule has 0 spiro atoms. The molecule has 1 aromatic carbocycles. The quantitative estimate of drug-likeness (QED) is 0.799. The van der Waals surface area contributed by atoms with E-state index in [9.17, 15) is 18.4 Å². The van der Waals surface area contributed by atoms with Crippen molar-refractivity contribution in [2.75, 3.05) is 13.2 Å². The zero-order valence-corrected chi connectivity index (χ0v) is 10.5. The summed E-state index contributed by atoms with van der Waals surface area (Å²) < 4.78 is 30.3. The number of amides is 1. The van der Waals surface area contributed by atoms with E-state index in [0.717, 1.165) is 12.1 Å². The van der Waals surface area contributed by atoms with Crippen LogP contribution in [0, 0.1) is 11.6 Å². The van der Waals surface area contributed by atoms with Crippen molar-refractivity contribution in [2.24, 2.45) is 0 Å². The first-order chi connectivity index (χ1) is 9.02. The summed E-state index contributed by atoms with van der Waals surface area (Å²) in [5, 5.41) is 2.50. The van der Waals surface area contributed by atoms with Gasteiger partial charge in [-0.1, -0.05) is 6.07 Å². The van der Waals surface area contributed by atoms with Gasteiger partial charge in [-0.2, -0.15) is 0 Å². The highest BCUT2D eigenvalue weighted by Crippen LogP contribution is 2.09. The Balaban J connectivity index is 2.35. The molecule has 0 unspecified atom stereocenters. The van der Waals surface area contributed by atoms with Crippen LogP contribution in [0.15, 0.2) is 18.2 Å². The van der Waals surface area contributed by atoms with Gasteiger partial charge in [-0.25, -0.2) is 8.78 Å². The van der Waals surface area contributed by atoms with Crippen LogP contribution in [0.2, 0.25) is 0 Å². The molecule has 4 nitrogen and oxygen atoms in total. The molecule has 0 bridgehead atoms. The molecule has 0 aromatic heterocycles. The first-order valence-corrected chi connectivity index (χ1v) is 5.89. The molecule has 0 saturated carbocycles. The topological polar surface area (TPSA) is 55.4 Å². The third-order valence-corrected chi connectivity index (χ3v) is 2.31. The van der Waals surface area contributed by atoms with Gasteiger partial charge in [0.05, 0.1) is 19.4 Å². The van der Waals surface area contributed by atoms with Crippen LogP contribution in [-0.4, -0.2) is 25.0 Å². The largest absolute Gasteiger partial charge is 0.466 e. The lowest BCUT2D eigenvalue weighted by Gasteiger charge is -2.05. The number of esters is 1. The molecule has 0 heterocycles. The molecule has 0 fully saturated rings. The van der Waals surface area contributed by atoms with Gasteiger partial charge in [0, 0.05) is 6.54 Å². The molecular weight excluding hydrogens is 256 g/mol. The van der Waals surface area contributed by atoms with E-state index in [4.69, 9.17) is 0 Å². The zero-order valence-electron chi connectivity index (χ0n) is 10.5. The van der Waals surface area contributed by atoms with Crippen LogP contribution in [0.1, 0.15) is 18.9 Å². The van der Waals surface area contributed by atoms with Crippen LogP contribution in [0.4, 0.5) is 8.78 Å². The minimum Gasteiger partial charge on any atom is -0.466 e. The second kappa shape index (κ2) is 7.45. The predicted molar refractivity (Wildman–Crippen MR) is 64.3 cm³/mol. The minimum absolute atomic E-state index is 0.0694. The highest BCUT2D eigenvalue weighted by Gasteiger charge is 2.08. The van der Waals surface area contributed by atoms with Crippen molar-refractivity contribution in [2.45, 2.75) is 19.8 Å².